The van der Waals surface area contributed by atoms with Gasteiger partial charge in [0.1, 0.15) is 18.8 Å². The molecule has 0 saturated heterocycles. The third-order valence-electron chi connectivity index (χ3n) is 1.77. The molecule has 5 nitrogen and oxygen atoms in total. The van der Waals surface area contributed by atoms with E-state index in [1.54, 1.807) is 0 Å². The molecule has 1 aliphatic rings. The number of methoxy groups -OCH3 is 1. The van der Waals surface area contributed by atoms with Crippen molar-refractivity contribution in [2.75, 3.05) is 20.3 Å². The highest BCUT2D eigenvalue weighted by Gasteiger charge is 2.23. The fourth-order valence-electron chi connectivity index (χ4n) is 1.10. The minimum absolute atomic E-state index is 0.112. The number of amides is 1. The molecule has 1 rings (SSSR count). The minimum atomic E-state index is -0.802. The number of hydrogen-bond donors (Lipinski definition) is 1. The van der Waals surface area contributed by atoms with Crippen molar-refractivity contribution in [3.05, 3.63) is 12.2 Å². The van der Waals surface area contributed by atoms with E-state index in [1.165, 1.54) is 7.11 Å². The van der Waals surface area contributed by atoms with E-state index in [1.807, 2.05) is 12.2 Å². The van der Waals surface area contributed by atoms with Crippen LogP contribution in [0.25, 0.3) is 0 Å². The number of primary amides is 1. The molecule has 0 fully saturated rings. The second-order valence-corrected chi connectivity index (χ2v) is 2.63. The van der Waals surface area contributed by atoms with Crippen molar-refractivity contribution < 1.29 is 19.0 Å². The molecular weight excluding hydrogens is 174 g/mol. The van der Waals surface area contributed by atoms with Crippen LogP contribution in [0.2, 0.25) is 0 Å². The predicted molar refractivity (Wildman–Crippen MR) is 45.2 cm³/mol. The standard InChI is InChI=1S/C8H13NO4/c1-11-7(5-13-8(9)10)6-3-2-4-12-6/h2-3,6-7H,4-5H2,1H3,(H2,9,10). The largest absolute Gasteiger partial charge is 0.447 e. The summed E-state index contributed by atoms with van der Waals surface area (Å²) in [6, 6.07) is 0. The molecule has 2 N–H and O–H groups in total. The zero-order chi connectivity index (χ0) is 9.68. The monoisotopic (exact) mass is 187 g/mol. The van der Waals surface area contributed by atoms with Gasteiger partial charge in [-0.1, -0.05) is 12.2 Å². The summed E-state index contributed by atoms with van der Waals surface area (Å²) in [5.41, 5.74) is 4.82. The van der Waals surface area contributed by atoms with Crippen LogP contribution in [0.5, 0.6) is 0 Å². The summed E-state index contributed by atoms with van der Waals surface area (Å²) in [6.07, 6.45) is 2.53. The molecule has 0 saturated carbocycles. The molecule has 0 bridgehead atoms. The Morgan fingerprint density at radius 3 is 3.08 bits per heavy atom. The Balaban J connectivity index is 2.33. The number of ether oxygens (including phenoxy) is 3. The predicted octanol–water partition coefficient (Wildman–Crippen LogP) is 0.0517. The molecule has 2 unspecified atom stereocenters. The van der Waals surface area contributed by atoms with Gasteiger partial charge in [0.05, 0.1) is 6.61 Å². The molecule has 0 aromatic heterocycles. The molecule has 13 heavy (non-hydrogen) atoms. The van der Waals surface area contributed by atoms with Gasteiger partial charge in [-0.15, -0.1) is 0 Å². The number of nitrogens with two attached hydrogens (primary N) is 1. The fourth-order valence-corrected chi connectivity index (χ4v) is 1.10. The van der Waals surface area contributed by atoms with Gasteiger partial charge in [0.15, 0.2) is 0 Å². The smallest absolute Gasteiger partial charge is 0.404 e. The Bertz CT molecular complexity index is 204. The highest BCUT2D eigenvalue weighted by atomic mass is 16.6. The molecular formula is C8H13NO4. The van der Waals surface area contributed by atoms with Crippen LogP contribution < -0.4 is 5.73 Å². The molecule has 2 atom stereocenters. The van der Waals surface area contributed by atoms with Crippen LogP contribution in [0.3, 0.4) is 0 Å². The summed E-state index contributed by atoms with van der Waals surface area (Å²) in [6.45, 7) is 0.682. The van der Waals surface area contributed by atoms with Gasteiger partial charge in [0.25, 0.3) is 0 Å². The van der Waals surface area contributed by atoms with Gasteiger partial charge in [0.2, 0.25) is 0 Å². The summed E-state index contributed by atoms with van der Waals surface area (Å²) in [5.74, 6) is 0. The van der Waals surface area contributed by atoms with Crippen LogP contribution in [-0.2, 0) is 14.2 Å². The highest BCUT2D eigenvalue weighted by Crippen LogP contribution is 2.11. The van der Waals surface area contributed by atoms with Crippen molar-refractivity contribution >= 4 is 6.09 Å². The Kier molecular flexibility index (Phi) is 3.72. The van der Waals surface area contributed by atoms with E-state index in [0.29, 0.717) is 6.61 Å². The van der Waals surface area contributed by atoms with E-state index >= 15 is 0 Å². The first-order valence-corrected chi connectivity index (χ1v) is 3.97. The first-order valence-electron chi connectivity index (χ1n) is 3.97. The summed E-state index contributed by atoms with van der Waals surface area (Å²) in [4.78, 5) is 10.3. The lowest BCUT2D eigenvalue weighted by molar-refractivity contribution is -0.0424. The van der Waals surface area contributed by atoms with Crippen molar-refractivity contribution in [2.24, 2.45) is 5.73 Å². The average Bonchev–Trinajstić information content (AvgIpc) is 2.58. The van der Waals surface area contributed by atoms with Crippen LogP contribution >= 0.6 is 0 Å². The molecule has 1 amide bonds. The molecule has 0 aromatic carbocycles. The van der Waals surface area contributed by atoms with Crippen molar-refractivity contribution in [1.29, 1.82) is 0 Å². The first kappa shape index (κ1) is 10.0. The SMILES string of the molecule is COC(COC(N)=O)C1C=CCO1. The zero-order valence-electron chi connectivity index (χ0n) is 7.43. The number of rotatable bonds is 4. The molecule has 1 heterocycles. The lowest BCUT2D eigenvalue weighted by Crippen LogP contribution is -2.33. The molecule has 0 radical (unpaired) electrons. The van der Waals surface area contributed by atoms with Gasteiger partial charge < -0.3 is 19.9 Å². The van der Waals surface area contributed by atoms with Crippen LogP contribution in [0.4, 0.5) is 4.79 Å². The van der Waals surface area contributed by atoms with E-state index in [2.05, 4.69) is 4.74 Å². The van der Waals surface area contributed by atoms with Gasteiger partial charge in [-0.3, -0.25) is 0 Å². The fraction of sp³-hybridized carbons (Fsp3) is 0.625. The second kappa shape index (κ2) is 4.84. The lowest BCUT2D eigenvalue weighted by atomic mass is 10.2. The summed E-state index contributed by atoms with van der Waals surface area (Å²) in [5, 5.41) is 0. The van der Waals surface area contributed by atoms with Gasteiger partial charge in [-0.25, -0.2) is 4.79 Å². The van der Waals surface area contributed by atoms with E-state index in [-0.39, 0.29) is 18.8 Å². The minimum Gasteiger partial charge on any atom is -0.447 e. The van der Waals surface area contributed by atoms with E-state index in [0.717, 1.165) is 0 Å². The third-order valence-corrected chi connectivity index (χ3v) is 1.77. The maximum Gasteiger partial charge on any atom is 0.404 e. The summed E-state index contributed by atoms with van der Waals surface area (Å²) in [7, 11) is 1.53. The average molecular weight is 187 g/mol. The number of carbonyl (C=O) groups excluding carboxylic acids is 1. The van der Waals surface area contributed by atoms with Crippen LogP contribution in [0.15, 0.2) is 12.2 Å². The molecule has 1 aliphatic heterocycles. The zero-order valence-corrected chi connectivity index (χ0v) is 7.43. The van der Waals surface area contributed by atoms with Gasteiger partial charge in [-0.2, -0.15) is 0 Å². The topological polar surface area (TPSA) is 70.8 Å². The van der Waals surface area contributed by atoms with Crippen molar-refractivity contribution in [3.8, 4) is 0 Å². The maximum absolute atomic E-state index is 10.3. The van der Waals surface area contributed by atoms with E-state index in [4.69, 9.17) is 15.2 Å². The molecule has 5 heteroatoms. The first-order chi connectivity index (χ1) is 6.24. The highest BCUT2D eigenvalue weighted by molar-refractivity contribution is 5.64. The Morgan fingerprint density at radius 1 is 1.85 bits per heavy atom. The summed E-state index contributed by atoms with van der Waals surface area (Å²) < 4.78 is 15.0. The van der Waals surface area contributed by atoms with Crippen molar-refractivity contribution in [3.63, 3.8) is 0 Å². The van der Waals surface area contributed by atoms with Gasteiger partial charge in [0, 0.05) is 7.11 Å². The lowest BCUT2D eigenvalue weighted by Gasteiger charge is -2.19. The third kappa shape index (κ3) is 3.04. The van der Waals surface area contributed by atoms with Crippen LogP contribution in [0, 0.1) is 0 Å². The van der Waals surface area contributed by atoms with Crippen molar-refractivity contribution in [2.45, 2.75) is 12.2 Å². The van der Waals surface area contributed by atoms with E-state index in [9.17, 15) is 4.79 Å². The Labute approximate surface area is 76.4 Å². The van der Waals surface area contributed by atoms with Crippen LogP contribution in [-0.4, -0.2) is 38.6 Å². The van der Waals surface area contributed by atoms with Crippen molar-refractivity contribution in [1.82, 2.24) is 0 Å². The second-order valence-electron chi connectivity index (χ2n) is 2.63. The van der Waals surface area contributed by atoms with Crippen LogP contribution in [0.1, 0.15) is 0 Å². The Hall–Kier alpha value is -1.07. The number of hydrogen-bond acceptors (Lipinski definition) is 4. The maximum atomic E-state index is 10.3. The summed E-state index contributed by atoms with van der Waals surface area (Å²) >= 11 is 0. The molecule has 0 spiro atoms. The molecule has 0 aromatic rings. The normalized spacial score (nSPS) is 23.0. The van der Waals surface area contributed by atoms with Gasteiger partial charge >= 0.3 is 6.09 Å². The molecule has 0 aliphatic carbocycles. The molecule has 74 valence electrons. The quantitative estimate of drug-likeness (QED) is 0.631. The van der Waals surface area contributed by atoms with Gasteiger partial charge in [-0.05, 0) is 0 Å². The van der Waals surface area contributed by atoms with E-state index < -0.39 is 6.09 Å². The Morgan fingerprint density at radius 2 is 2.62 bits per heavy atom. The number of carbonyl (C=O) groups is 1.